The van der Waals surface area contributed by atoms with Gasteiger partial charge in [-0.25, -0.2) is 9.78 Å². The Labute approximate surface area is 156 Å². The molecule has 0 atom stereocenters. The fraction of sp³-hybridized carbons (Fsp3) is 0.375. The first kappa shape index (κ1) is 18.8. The summed E-state index contributed by atoms with van der Waals surface area (Å²) in [5.74, 6) is 0.669. The zero-order valence-corrected chi connectivity index (χ0v) is 15.0. The van der Waals surface area contributed by atoms with Gasteiger partial charge in [0.1, 0.15) is 11.9 Å². The number of hydrogen-bond acceptors (Lipinski definition) is 4. The molecule has 3 rings (SSSR count). The second-order valence-corrected chi connectivity index (χ2v) is 7.02. The van der Waals surface area contributed by atoms with Crippen LogP contribution in [0.5, 0.6) is 5.75 Å². The first-order chi connectivity index (χ1) is 12.3. The Morgan fingerprint density at radius 1 is 1.35 bits per heavy atom. The predicted molar refractivity (Wildman–Crippen MR) is 92.8 cm³/mol. The number of nitrogens with zero attached hydrogens (tertiary/aromatic N) is 2. The summed E-state index contributed by atoms with van der Waals surface area (Å²) in [5, 5.41) is 3.80. The van der Waals surface area contributed by atoms with Gasteiger partial charge in [0.15, 0.2) is 10.8 Å². The lowest BCUT2D eigenvalue weighted by Gasteiger charge is -2.32. The van der Waals surface area contributed by atoms with E-state index in [2.05, 4.69) is 10.3 Å². The number of anilines is 1. The van der Waals surface area contributed by atoms with Crippen molar-refractivity contribution in [3.8, 4) is 5.75 Å². The third-order valence-corrected chi connectivity index (χ3v) is 4.83. The van der Waals surface area contributed by atoms with Crippen molar-refractivity contribution in [3.05, 3.63) is 40.4 Å². The third-order valence-electron chi connectivity index (χ3n) is 3.84. The Morgan fingerprint density at radius 2 is 2.08 bits per heavy atom. The number of hydrogen-bond donors (Lipinski definition) is 1. The molecule has 1 aromatic carbocycles. The van der Waals surface area contributed by atoms with Gasteiger partial charge in [-0.2, -0.15) is 13.2 Å². The van der Waals surface area contributed by atoms with E-state index in [9.17, 15) is 18.0 Å². The molecule has 0 spiro atoms. The van der Waals surface area contributed by atoms with Crippen LogP contribution in [0.25, 0.3) is 0 Å². The van der Waals surface area contributed by atoms with Gasteiger partial charge >= 0.3 is 12.2 Å². The number of aromatic nitrogens is 1. The Bertz CT molecular complexity index is 776. The van der Waals surface area contributed by atoms with E-state index in [0.717, 1.165) is 16.7 Å². The van der Waals surface area contributed by atoms with E-state index in [4.69, 9.17) is 16.3 Å². The summed E-state index contributed by atoms with van der Waals surface area (Å²) in [6, 6.07) is 6.62. The Morgan fingerprint density at radius 3 is 2.69 bits per heavy atom. The van der Waals surface area contributed by atoms with E-state index in [-0.39, 0.29) is 11.2 Å². The number of thiazole rings is 1. The number of carbonyl (C=O) groups excluding carboxylic acids is 1. The first-order valence-electron chi connectivity index (χ1n) is 7.82. The largest absolute Gasteiger partial charge is 0.490 e. The average molecular weight is 406 g/mol. The molecule has 2 aromatic rings. The first-order valence-corrected chi connectivity index (χ1v) is 9.08. The molecule has 0 radical (unpaired) electrons. The van der Waals surface area contributed by atoms with Crippen molar-refractivity contribution in [2.24, 2.45) is 0 Å². The summed E-state index contributed by atoms with van der Waals surface area (Å²) in [7, 11) is 0. The minimum absolute atomic E-state index is 0.0470. The Hall–Kier alpha value is -2.00. The Balaban J connectivity index is 1.50. The van der Waals surface area contributed by atoms with Gasteiger partial charge in [0.25, 0.3) is 0 Å². The number of urea groups is 1. The highest BCUT2D eigenvalue weighted by Crippen LogP contribution is 2.31. The van der Waals surface area contributed by atoms with Crippen LogP contribution in [0.2, 0.25) is 5.02 Å². The van der Waals surface area contributed by atoms with E-state index in [1.165, 1.54) is 4.90 Å². The number of nitrogens with one attached hydrogen (secondary N) is 1. The molecule has 2 amide bonds. The molecule has 10 heteroatoms. The SMILES string of the molecule is O=C(Nc1nc(C(F)(F)F)cs1)N1CCC(Oc2cccc(Cl)c2)CC1. The molecule has 1 saturated heterocycles. The van der Waals surface area contributed by atoms with Crippen LogP contribution in [-0.4, -0.2) is 35.1 Å². The maximum Gasteiger partial charge on any atom is 0.434 e. The molecule has 0 bridgehead atoms. The van der Waals surface area contributed by atoms with Gasteiger partial charge in [-0.15, -0.1) is 11.3 Å². The van der Waals surface area contributed by atoms with Crippen LogP contribution in [-0.2, 0) is 6.18 Å². The van der Waals surface area contributed by atoms with Crippen molar-refractivity contribution in [1.82, 2.24) is 9.88 Å². The quantitative estimate of drug-likeness (QED) is 0.791. The van der Waals surface area contributed by atoms with E-state index < -0.39 is 17.9 Å². The molecule has 1 fully saturated rings. The van der Waals surface area contributed by atoms with E-state index >= 15 is 0 Å². The van der Waals surface area contributed by atoms with Crippen LogP contribution in [0.1, 0.15) is 18.5 Å². The number of carbonyl (C=O) groups is 1. The van der Waals surface area contributed by atoms with Crippen molar-refractivity contribution in [2.75, 3.05) is 18.4 Å². The molecule has 1 aromatic heterocycles. The van der Waals surface area contributed by atoms with Crippen LogP contribution in [0.3, 0.4) is 0 Å². The normalized spacial score (nSPS) is 15.8. The van der Waals surface area contributed by atoms with E-state index in [1.807, 2.05) is 6.07 Å². The number of rotatable bonds is 3. The molecule has 1 N–H and O–H groups in total. The molecule has 0 aliphatic carbocycles. The van der Waals surface area contributed by atoms with Crippen molar-refractivity contribution in [1.29, 1.82) is 0 Å². The van der Waals surface area contributed by atoms with E-state index in [0.29, 0.717) is 36.7 Å². The summed E-state index contributed by atoms with van der Waals surface area (Å²) < 4.78 is 43.5. The smallest absolute Gasteiger partial charge is 0.434 e. The number of benzene rings is 1. The second-order valence-electron chi connectivity index (χ2n) is 5.73. The van der Waals surface area contributed by atoms with Crippen LogP contribution < -0.4 is 10.1 Å². The topological polar surface area (TPSA) is 54.5 Å². The van der Waals surface area contributed by atoms with Crippen LogP contribution in [0.15, 0.2) is 29.6 Å². The molecule has 26 heavy (non-hydrogen) atoms. The van der Waals surface area contributed by atoms with E-state index in [1.54, 1.807) is 18.2 Å². The zero-order chi connectivity index (χ0) is 18.7. The Kier molecular flexibility index (Phi) is 5.57. The number of halogens is 4. The van der Waals surface area contributed by atoms with Gasteiger partial charge in [0, 0.05) is 36.3 Å². The lowest BCUT2D eigenvalue weighted by molar-refractivity contribution is -0.140. The number of likely N-dealkylation sites (tertiary alicyclic amines) is 1. The fourth-order valence-corrected chi connectivity index (χ4v) is 3.43. The molecular weight excluding hydrogens is 391 g/mol. The fourth-order valence-electron chi connectivity index (χ4n) is 2.54. The minimum atomic E-state index is -4.52. The summed E-state index contributed by atoms with van der Waals surface area (Å²) in [6.45, 7) is 0.878. The highest BCUT2D eigenvalue weighted by molar-refractivity contribution is 7.13. The highest BCUT2D eigenvalue weighted by Gasteiger charge is 2.34. The second kappa shape index (κ2) is 7.71. The van der Waals surface area contributed by atoms with Crippen molar-refractivity contribution >= 4 is 34.1 Å². The lowest BCUT2D eigenvalue weighted by Crippen LogP contribution is -2.43. The van der Waals surface area contributed by atoms with Crippen molar-refractivity contribution in [2.45, 2.75) is 25.1 Å². The maximum absolute atomic E-state index is 12.5. The predicted octanol–water partition coefficient (Wildman–Crippen LogP) is 4.89. The molecule has 1 aliphatic heterocycles. The zero-order valence-electron chi connectivity index (χ0n) is 13.4. The van der Waals surface area contributed by atoms with Crippen LogP contribution in [0, 0.1) is 0 Å². The molecule has 1 aliphatic rings. The van der Waals surface area contributed by atoms with Gasteiger partial charge in [-0.3, -0.25) is 5.32 Å². The molecular formula is C16H15ClF3N3O2S. The van der Waals surface area contributed by atoms with Gasteiger partial charge in [-0.1, -0.05) is 17.7 Å². The average Bonchev–Trinajstić information content (AvgIpc) is 3.04. The molecule has 5 nitrogen and oxygen atoms in total. The molecule has 0 unspecified atom stereocenters. The maximum atomic E-state index is 12.5. The van der Waals surface area contributed by atoms with Crippen LogP contribution >= 0.6 is 22.9 Å². The third kappa shape index (κ3) is 4.79. The van der Waals surface area contributed by atoms with Gasteiger partial charge in [0.2, 0.25) is 0 Å². The summed E-state index contributed by atoms with van der Waals surface area (Å²) in [6.07, 6.45) is -3.33. The van der Waals surface area contributed by atoms with Gasteiger partial charge in [0.05, 0.1) is 0 Å². The summed E-state index contributed by atoms with van der Waals surface area (Å²) in [5.41, 5.74) is -1.01. The molecule has 0 saturated carbocycles. The monoisotopic (exact) mass is 405 g/mol. The summed E-state index contributed by atoms with van der Waals surface area (Å²) in [4.78, 5) is 17.1. The molecule has 2 heterocycles. The van der Waals surface area contributed by atoms with Gasteiger partial charge < -0.3 is 9.64 Å². The number of ether oxygens (including phenoxy) is 1. The highest BCUT2D eigenvalue weighted by atomic mass is 35.5. The summed E-state index contributed by atoms with van der Waals surface area (Å²) >= 11 is 6.66. The molecule has 140 valence electrons. The number of alkyl halides is 3. The number of amides is 2. The van der Waals surface area contributed by atoms with Crippen LogP contribution in [0.4, 0.5) is 23.1 Å². The standard InChI is InChI=1S/C16H15ClF3N3O2S/c17-10-2-1-3-12(8-10)25-11-4-6-23(7-5-11)15(24)22-14-21-13(9-26-14)16(18,19)20/h1-3,8-9,11H,4-7H2,(H,21,22,24). The van der Waals surface area contributed by atoms with Gasteiger partial charge in [-0.05, 0) is 18.2 Å². The number of piperidine rings is 1. The lowest BCUT2D eigenvalue weighted by atomic mass is 10.1. The van der Waals surface area contributed by atoms with Crippen molar-refractivity contribution in [3.63, 3.8) is 0 Å². The van der Waals surface area contributed by atoms with Crippen molar-refractivity contribution < 1.29 is 22.7 Å². The minimum Gasteiger partial charge on any atom is -0.490 e.